The molecule has 1 heterocycles. The molecule has 0 radical (unpaired) electrons. The normalized spacial score (nSPS) is 27.7. The summed E-state index contributed by atoms with van der Waals surface area (Å²) in [6, 6.07) is 0. The van der Waals surface area contributed by atoms with Crippen molar-refractivity contribution in [3.8, 4) is 0 Å². The van der Waals surface area contributed by atoms with E-state index in [2.05, 4.69) is 0 Å². The van der Waals surface area contributed by atoms with Crippen LogP contribution in [-0.2, 0) is 14.3 Å². The van der Waals surface area contributed by atoms with E-state index in [9.17, 15) is 9.59 Å². The SMILES string of the molecule is O=C1CCC2(CCOC2=O)CC1. The molecular formula is C9H12O3. The summed E-state index contributed by atoms with van der Waals surface area (Å²) >= 11 is 0. The van der Waals surface area contributed by atoms with Crippen molar-refractivity contribution in [3.05, 3.63) is 0 Å². The van der Waals surface area contributed by atoms with Gasteiger partial charge in [0, 0.05) is 12.8 Å². The van der Waals surface area contributed by atoms with Crippen LogP contribution < -0.4 is 0 Å². The second-order valence-electron chi connectivity index (χ2n) is 3.70. The summed E-state index contributed by atoms with van der Waals surface area (Å²) in [6.45, 7) is 0.549. The van der Waals surface area contributed by atoms with Gasteiger partial charge < -0.3 is 4.74 Å². The van der Waals surface area contributed by atoms with Crippen LogP contribution in [0.5, 0.6) is 0 Å². The zero-order chi connectivity index (χ0) is 8.60. The Morgan fingerprint density at radius 1 is 1.08 bits per heavy atom. The van der Waals surface area contributed by atoms with E-state index >= 15 is 0 Å². The molecule has 1 spiro atoms. The van der Waals surface area contributed by atoms with Crippen molar-refractivity contribution in [2.75, 3.05) is 6.61 Å². The maximum absolute atomic E-state index is 11.3. The van der Waals surface area contributed by atoms with E-state index in [1.54, 1.807) is 0 Å². The largest absolute Gasteiger partial charge is 0.465 e. The van der Waals surface area contributed by atoms with Gasteiger partial charge in [-0.1, -0.05) is 0 Å². The summed E-state index contributed by atoms with van der Waals surface area (Å²) in [4.78, 5) is 22.3. The van der Waals surface area contributed by atoms with Gasteiger partial charge >= 0.3 is 5.97 Å². The molecule has 0 aromatic rings. The van der Waals surface area contributed by atoms with E-state index in [1.165, 1.54) is 0 Å². The highest BCUT2D eigenvalue weighted by Crippen LogP contribution is 2.42. The molecule has 0 aromatic heterocycles. The fraction of sp³-hybridized carbons (Fsp3) is 0.778. The van der Waals surface area contributed by atoms with E-state index in [-0.39, 0.29) is 11.4 Å². The topological polar surface area (TPSA) is 43.4 Å². The van der Waals surface area contributed by atoms with Crippen LogP contribution in [0.2, 0.25) is 0 Å². The van der Waals surface area contributed by atoms with Gasteiger partial charge in [-0.25, -0.2) is 0 Å². The number of cyclic esters (lactones) is 1. The first-order chi connectivity index (χ1) is 5.73. The second-order valence-corrected chi connectivity index (χ2v) is 3.70. The van der Waals surface area contributed by atoms with Crippen molar-refractivity contribution < 1.29 is 14.3 Å². The lowest BCUT2D eigenvalue weighted by Gasteiger charge is -2.27. The van der Waals surface area contributed by atoms with E-state index in [0.29, 0.717) is 38.1 Å². The molecule has 0 N–H and O–H groups in total. The fourth-order valence-electron chi connectivity index (χ4n) is 2.06. The summed E-state index contributed by atoms with van der Waals surface area (Å²) in [7, 11) is 0. The summed E-state index contributed by atoms with van der Waals surface area (Å²) < 4.78 is 4.93. The van der Waals surface area contributed by atoms with E-state index in [1.807, 2.05) is 0 Å². The van der Waals surface area contributed by atoms with Gasteiger partial charge in [-0.2, -0.15) is 0 Å². The molecule has 2 fully saturated rings. The molecule has 0 atom stereocenters. The molecule has 0 bridgehead atoms. The Balaban J connectivity index is 2.12. The molecule has 1 aliphatic carbocycles. The molecule has 66 valence electrons. The Labute approximate surface area is 71.1 Å². The predicted molar refractivity (Wildman–Crippen MR) is 41.5 cm³/mol. The zero-order valence-electron chi connectivity index (χ0n) is 6.97. The Kier molecular flexibility index (Phi) is 1.67. The second kappa shape index (κ2) is 2.57. The van der Waals surface area contributed by atoms with E-state index < -0.39 is 0 Å². The maximum atomic E-state index is 11.3. The third-order valence-corrected chi connectivity index (χ3v) is 3.01. The number of carbonyl (C=O) groups excluding carboxylic acids is 2. The molecule has 1 saturated heterocycles. The van der Waals surface area contributed by atoms with Crippen LogP contribution in [0.15, 0.2) is 0 Å². The highest BCUT2D eigenvalue weighted by molar-refractivity contribution is 5.85. The molecule has 0 amide bonds. The van der Waals surface area contributed by atoms with Crippen LogP contribution in [0.25, 0.3) is 0 Å². The maximum Gasteiger partial charge on any atom is 0.312 e. The Morgan fingerprint density at radius 3 is 2.25 bits per heavy atom. The first kappa shape index (κ1) is 7.77. The Bertz CT molecular complexity index is 222. The number of hydrogen-bond donors (Lipinski definition) is 0. The molecule has 2 rings (SSSR count). The van der Waals surface area contributed by atoms with Crippen LogP contribution in [0.4, 0.5) is 0 Å². The van der Waals surface area contributed by atoms with Crippen LogP contribution in [0.3, 0.4) is 0 Å². The molecule has 3 nitrogen and oxygen atoms in total. The third-order valence-electron chi connectivity index (χ3n) is 3.01. The number of ether oxygens (including phenoxy) is 1. The van der Waals surface area contributed by atoms with Crippen molar-refractivity contribution in [2.45, 2.75) is 32.1 Å². The lowest BCUT2D eigenvalue weighted by Crippen LogP contribution is -2.31. The van der Waals surface area contributed by atoms with Crippen LogP contribution in [-0.4, -0.2) is 18.4 Å². The molecule has 0 unspecified atom stereocenters. The zero-order valence-corrected chi connectivity index (χ0v) is 6.97. The molecular weight excluding hydrogens is 156 g/mol. The number of hydrogen-bond acceptors (Lipinski definition) is 3. The van der Waals surface area contributed by atoms with Gasteiger partial charge in [-0.05, 0) is 19.3 Å². The highest BCUT2D eigenvalue weighted by atomic mass is 16.5. The Hall–Kier alpha value is -0.860. The minimum Gasteiger partial charge on any atom is -0.465 e. The van der Waals surface area contributed by atoms with Crippen molar-refractivity contribution in [1.29, 1.82) is 0 Å². The van der Waals surface area contributed by atoms with Crippen molar-refractivity contribution in [1.82, 2.24) is 0 Å². The van der Waals surface area contributed by atoms with Crippen molar-refractivity contribution >= 4 is 11.8 Å². The van der Waals surface area contributed by atoms with Gasteiger partial charge in [0.2, 0.25) is 0 Å². The molecule has 1 aliphatic heterocycles. The minimum atomic E-state index is -0.270. The Morgan fingerprint density at radius 2 is 1.75 bits per heavy atom. The third kappa shape index (κ3) is 1.04. The van der Waals surface area contributed by atoms with Gasteiger partial charge in [0.1, 0.15) is 5.78 Å². The average Bonchev–Trinajstić information content (AvgIpc) is 2.41. The molecule has 3 heteroatoms. The van der Waals surface area contributed by atoms with Gasteiger partial charge in [0.25, 0.3) is 0 Å². The van der Waals surface area contributed by atoms with Gasteiger partial charge in [0.05, 0.1) is 12.0 Å². The summed E-state index contributed by atoms with van der Waals surface area (Å²) in [5.74, 6) is 0.218. The minimum absolute atomic E-state index is 0.0741. The standard InChI is InChI=1S/C9H12O3/c10-7-1-3-9(4-2-7)5-6-12-8(9)11/h1-6H2. The average molecular weight is 168 g/mol. The monoisotopic (exact) mass is 168 g/mol. The number of Topliss-reactive ketones (excluding diaryl/α,β-unsaturated/α-hetero) is 1. The smallest absolute Gasteiger partial charge is 0.312 e. The number of esters is 1. The number of rotatable bonds is 0. The molecule has 1 saturated carbocycles. The quantitative estimate of drug-likeness (QED) is 0.508. The lowest BCUT2D eigenvalue weighted by atomic mass is 9.73. The number of carbonyl (C=O) groups is 2. The summed E-state index contributed by atoms with van der Waals surface area (Å²) in [5, 5.41) is 0. The summed E-state index contributed by atoms with van der Waals surface area (Å²) in [5.41, 5.74) is -0.270. The summed E-state index contributed by atoms with van der Waals surface area (Å²) in [6.07, 6.45) is 3.37. The molecule has 12 heavy (non-hydrogen) atoms. The first-order valence-corrected chi connectivity index (χ1v) is 4.42. The van der Waals surface area contributed by atoms with Crippen molar-refractivity contribution in [3.63, 3.8) is 0 Å². The van der Waals surface area contributed by atoms with E-state index in [0.717, 1.165) is 6.42 Å². The van der Waals surface area contributed by atoms with Gasteiger partial charge in [-0.3, -0.25) is 9.59 Å². The molecule has 2 aliphatic rings. The van der Waals surface area contributed by atoms with Gasteiger partial charge in [0.15, 0.2) is 0 Å². The molecule has 0 aromatic carbocycles. The predicted octanol–water partition coefficient (Wildman–Crippen LogP) is 1.06. The van der Waals surface area contributed by atoms with Crippen LogP contribution in [0, 0.1) is 5.41 Å². The lowest BCUT2D eigenvalue weighted by molar-refractivity contribution is -0.148. The van der Waals surface area contributed by atoms with Crippen molar-refractivity contribution in [2.24, 2.45) is 5.41 Å². The van der Waals surface area contributed by atoms with Crippen LogP contribution in [0.1, 0.15) is 32.1 Å². The highest BCUT2D eigenvalue weighted by Gasteiger charge is 2.46. The van der Waals surface area contributed by atoms with Crippen LogP contribution >= 0.6 is 0 Å². The first-order valence-electron chi connectivity index (χ1n) is 4.42. The van der Waals surface area contributed by atoms with Gasteiger partial charge in [-0.15, -0.1) is 0 Å². The fourth-order valence-corrected chi connectivity index (χ4v) is 2.06. The number of ketones is 1. The van der Waals surface area contributed by atoms with E-state index in [4.69, 9.17) is 4.74 Å².